The Morgan fingerprint density at radius 1 is 0.708 bits per heavy atom. The van der Waals surface area contributed by atoms with Gasteiger partial charge in [-0.05, 0) is 40.5 Å². The molecular formula is C21H13FO2. The summed E-state index contributed by atoms with van der Waals surface area (Å²) in [6.07, 6.45) is 0. The van der Waals surface area contributed by atoms with Gasteiger partial charge in [0.1, 0.15) is 11.4 Å². The van der Waals surface area contributed by atoms with Crippen LogP contribution in [0.15, 0.2) is 88.1 Å². The second-order valence-corrected chi connectivity index (χ2v) is 5.56. The molecule has 0 spiro atoms. The first kappa shape index (κ1) is 14.4. The standard InChI is InChI=1S/C21H13FO2/c22-17-10-11-20-19(12-17)18(13-21(23)24-20)16-8-6-15(7-9-16)14-4-2-1-3-5-14/h1-13H. The molecule has 0 bridgehead atoms. The summed E-state index contributed by atoms with van der Waals surface area (Å²) in [6, 6.07) is 23.4. The Bertz CT molecular complexity index is 1060. The maximum atomic E-state index is 13.6. The largest absolute Gasteiger partial charge is 0.423 e. The van der Waals surface area contributed by atoms with Gasteiger partial charge in [0.15, 0.2) is 0 Å². The Balaban J connectivity index is 1.86. The summed E-state index contributed by atoms with van der Waals surface area (Å²) in [5.74, 6) is -0.362. The fraction of sp³-hybridized carbons (Fsp3) is 0. The number of fused-ring (bicyclic) bond motifs is 1. The second kappa shape index (κ2) is 5.78. The van der Waals surface area contributed by atoms with Crippen LogP contribution < -0.4 is 5.63 Å². The first-order valence-electron chi connectivity index (χ1n) is 7.60. The molecule has 0 N–H and O–H groups in total. The van der Waals surface area contributed by atoms with Gasteiger partial charge in [0.2, 0.25) is 0 Å². The Morgan fingerprint density at radius 2 is 1.38 bits per heavy atom. The first-order chi connectivity index (χ1) is 11.7. The minimum Gasteiger partial charge on any atom is -0.423 e. The number of halogens is 1. The van der Waals surface area contributed by atoms with E-state index in [9.17, 15) is 9.18 Å². The molecule has 0 saturated carbocycles. The number of benzene rings is 3. The lowest BCUT2D eigenvalue weighted by Gasteiger charge is -2.07. The third-order valence-electron chi connectivity index (χ3n) is 4.01. The van der Waals surface area contributed by atoms with Gasteiger partial charge in [-0.1, -0.05) is 54.6 Å². The zero-order chi connectivity index (χ0) is 16.5. The molecular weight excluding hydrogens is 303 g/mol. The van der Waals surface area contributed by atoms with Crippen LogP contribution in [-0.4, -0.2) is 0 Å². The third-order valence-corrected chi connectivity index (χ3v) is 4.01. The van der Waals surface area contributed by atoms with Crippen molar-refractivity contribution in [1.82, 2.24) is 0 Å². The maximum absolute atomic E-state index is 13.6. The molecule has 0 atom stereocenters. The molecule has 0 amide bonds. The highest BCUT2D eigenvalue weighted by Crippen LogP contribution is 2.29. The van der Waals surface area contributed by atoms with E-state index in [4.69, 9.17) is 4.42 Å². The lowest BCUT2D eigenvalue weighted by atomic mass is 9.98. The quantitative estimate of drug-likeness (QED) is 0.472. The Hall–Kier alpha value is -3.20. The van der Waals surface area contributed by atoms with Crippen molar-refractivity contribution in [1.29, 1.82) is 0 Å². The molecule has 4 rings (SSSR count). The lowest BCUT2D eigenvalue weighted by molar-refractivity contribution is 0.559. The molecule has 0 fully saturated rings. The Kier molecular flexibility index (Phi) is 3.47. The summed E-state index contributed by atoms with van der Waals surface area (Å²) < 4.78 is 18.7. The molecule has 0 radical (unpaired) electrons. The lowest BCUT2D eigenvalue weighted by Crippen LogP contribution is -1.98. The van der Waals surface area contributed by atoms with E-state index in [1.807, 2.05) is 54.6 Å². The van der Waals surface area contributed by atoms with Gasteiger partial charge in [0.25, 0.3) is 0 Å². The highest BCUT2D eigenvalue weighted by Gasteiger charge is 2.09. The third kappa shape index (κ3) is 2.61. The van der Waals surface area contributed by atoms with Gasteiger partial charge in [-0.15, -0.1) is 0 Å². The smallest absolute Gasteiger partial charge is 0.336 e. The summed E-state index contributed by atoms with van der Waals surface area (Å²) in [5, 5.41) is 0.585. The minimum absolute atomic E-state index is 0.362. The molecule has 4 aromatic rings. The minimum atomic E-state index is -0.448. The van der Waals surface area contributed by atoms with Crippen LogP contribution in [0.1, 0.15) is 0 Å². The summed E-state index contributed by atoms with van der Waals surface area (Å²) in [4.78, 5) is 11.8. The summed E-state index contributed by atoms with van der Waals surface area (Å²) in [7, 11) is 0. The molecule has 0 aliphatic heterocycles. The molecule has 0 aliphatic rings. The highest BCUT2D eigenvalue weighted by molar-refractivity contribution is 5.93. The van der Waals surface area contributed by atoms with Crippen LogP contribution in [0.3, 0.4) is 0 Å². The van der Waals surface area contributed by atoms with E-state index in [-0.39, 0.29) is 5.82 Å². The fourth-order valence-electron chi connectivity index (χ4n) is 2.85. The second-order valence-electron chi connectivity index (χ2n) is 5.56. The monoisotopic (exact) mass is 316 g/mol. The average molecular weight is 316 g/mol. The molecule has 1 heterocycles. The van der Waals surface area contributed by atoms with E-state index in [1.54, 1.807) is 0 Å². The van der Waals surface area contributed by atoms with Gasteiger partial charge in [-0.2, -0.15) is 0 Å². The predicted octanol–water partition coefficient (Wildman–Crippen LogP) is 5.27. The van der Waals surface area contributed by atoms with Gasteiger partial charge in [0, 0.05) is 11.5 Å². The number of rotatable bonds is 2. The topological polar surface area (TPSA) is 30.2 Å². The van der Waals surface area contributed by atoms with Gasteiger partial charge in [-0.3, -0.25) is 0 Å². The molecule has 1 aromatic heterocycles. The van der Waals surface area contributed by atoms with Crippen molar-refractivity contribution >= 4 is 11.0 Å². The summed E-state index contributed by atoms with van der Waals surface area (Å²) >= 11 is 0. The van der Waals surface area contributed by atoms with Gasteiger partial charge in [0.05, 0.1) is 0 Å². The molecule has 0 unspecified atom stereocenters. The van der Waals surface area contributed by atoms with Crippen molar-refractivity contribution in [3.8, 4) is 22.3 Å². The average Bonchev–Trinajstić information content (AvgIpc) is 2.62. The molecule has 3 heteroatoms. The highest BCUT2D eigenvalue weighted by atomic mass is 19.1. The van der Waals surface area contributed by atoms with E-state index in [2.05, 4.69) is 0 Å². The fourth-order valence-corrected chi connectivity index (χ4v) is 2.85. The van der Waals surface area contributed by atoms with Crippen molar-refractivity contribution in [2.75, 3.05) is 0 Å². The molecule has 0 aliphatic carbocycles. The van der Waals surface area contributed by atoms with Gasteiger partial charge >= 0.3 is 5.63 Å². The van der Waals surface area contributed by atoms with Gasteiger partial charge in [-0.25, -0.2) is 9.18 Å². The van der Waals surface area contributed by atoms with Crippen molar-refractivity contribution in [3.63, 3.8) is 0 Å². The summed E-state index contributed by atoms with van der Waals surface area (Å²) in [5.41, 5.74) is 3.64. The van der Waals surface area contributed by atoms with Crippen molar-refractivity contribution in [2.24, 2.45) is 0 Å². The number of hydrogen-bond acceptors (Lipinski definition) is 2. The van der Waals surface area contributed by atoms with E-state index >= 15 is 0 Å². The maximum Gasteiger partial charge on any atom is 0.336 e. The molecule has 2 nitrogen and oxygen atoms in total. The van der Waals surface area contributed by atoms with Crippen LogP contribution in [0.2, 0.25) is 0 Å². The normalized spacial score (nSPS) is 10.9. The summed E-state index contributed by atoms with van der Waals surface area (Å²) in [6.45, 7) is 0. The van der Waals surface area contributed by atoms with Crippen LogP contribution in [0.5, 0.6) is 0 Å². The first-order valence-corrected chi connectivity index (χ1v) is 7.60. The molecule has 3 aromatic carbocycles. The molecule has 0 saturated heterocycles. The molecule has 116 valence electrons. The van der Waals surface area contributed by atoms with E-state index in [0.29, 0.717) is 16.5 Å². The number of hydrogen-bond donors (Lipinski definition) is 0. The van der Waals surface area contributed by atoms with Crippen LogP contribution in [0.25, 0.3) is 33.2 Å². The van der Waals surface area contributed by atoms with Crippen molar-refractivity contribution in [2.45, 2.75) is 0 Å². The van der Waals surface area contributed by atoms with Crippen LogP contribution in [0.4, 0.5) is 4.39 Å². The van der Waals surface area contributed by atoms with Crippen LogP contribution in [0, 0.1) is 5.82 Å². The van der Waals surface area contributed by atoms with Crippen molar-refractivity contribution in [3.05, 3.63) is 95.1 Å². The van der Waals surface area contributed by atoms with Crippen LogP contribution in [-0.2, 0) is 0 Å². The Morgan fingerprint density at radius 3 is 2.12 bits per heavy atom. The SMILES string of the molecule is O=c1cc(-c2ccc(-c3ccccc3)cc2)c2cc(F)ccc2o1. The van der Waals surface area contributed by atoms with Crippen LogP contribution >= 0.6 is 0 Å². The van der Waals surface area contributed by atoms with E-state index in [0.717, 1.165) is 16.7 Å². The zero-order valence-electron chi connectivity index (χ0n) is 12.7. The van der Waals surface area contributed by atoms with Gasteiger partial charge < -0.3 is 4.42 Å². The zero-order valence-corrected chi connectivity index (χ0v) is 12.7. The Labute approximate surface area is 137 Å². The van der Waals surface area contributed by atoms with E-state index in [1.165, 1.54) is 24.3 Å². The predicted molar refractivity (Wildman–Crippen MR) is 93.3 cm³/mol. The van der Waals surface area contributed by atoms with Crippen molar-refractivity contribution < 1.29 is 8.81 Å². The van der Waals surface area contributed by atoms with E-state index < -0.39 is 5.63 Å². The molecule has 24 heavy (non-hydrogen) atoms.